The van der Waals surface area contributed by atoms with Crippen molar-refractivity contribution in [2.75, 3.05) is 33.7 Å². The first kappa shape index (κ1) is 12.9. The van der Waals surface area contributed by atoms with E-state index in [2.05, 4.69) is 5.32 Å². The van der Waals surface area contributed by atoms with Crippen LogP contribution in [0.5, 0.6) is 0 Å². The molecule has 3 atom stereocenters. The van der Waals surface area contributed by atoms with Gasteiger partial charge < -0.3 is 15.1 Å². The number of amides is 2. The van der Waals surface area contributed by atoms with E-state index in [-0.39, 0.29) is 23.8 Å². The summed E-state index contributed by atoms with van der Waals surface area (Å²) in [5.41, 5.74) is 0. The minimum atomic E-state index is -0.308. The zero-order valence-electron chi connectivity index (χ0n) is 11.8. The predicted octanol–water partition coefficient (Wildman–Crippen LogP) is -0.0789. The summed E-state index contributed by atoms with van der Waals surface area (Å²) in [6.45, 7) is 2.05. The number of hydrogen-bond acceptors (Lipinski definition) is 3. The fourth-order valence-corrected chi connectivity index (χ4v) is 3.87. The fourth-order valence-electron chi connectivity index (χ4n) is 3.87. The topological polar surface area (TPSA) is 52.7 Å². The van der Waals surface area contributed by atoms with E-state index in [1.165, 1.54) is 19.3 Å². The monoisotopic (exact) mass is 265 g/mol. The van der Waals surface area contributed by atoms with Gasteiger partial charge in [-0.2, -0.15) is 0 Å². The summed E-state index contributed by atoms with van der Waals surface area (Å²) >= 11 is 0. The van der Waals surface area contributed by atoms with Crippen molar-refractivity contribution in [1.29, 1.82) is 0 Å². The molecule has 3 unspecified atom stereocenters. The minimum absolute atomic E-state index is 0.0337. The van der Waals surface area contributed by atoms with E-state index in [9.17, 15) is 9.59 Å². The van der Waals surface area contributed by atoms with Crippen LogP contribution in [0.15, 0.2) is 0 Å². The molecule has 0 radical (unpaired) electrons. The molecule has 0 aromatic carbocycles. The van der Waals surface area contributed by atoms with Crippen LogP contribution in [0, 0.1) is 17.8 Å². The smallest absolute Gasteiger partial charge is 0.246 e. The Hall–Kier alpha value is -1.10. The molecule has 0 aromatic rings. The third kappa shape index (κ3) is 2.14. The van der Waals surface area contributed by atoms with Gasteiger partial charge in [-0.1, -0.05) is 6.42 Å². The van der Waals surface area contributed by atoms with Gasteiger partial charge in [0, 0.05) is 39.6 Å². The zero-order chi connectivity index (χ0) is 13.6. The van der Waals surface area contributed by atoms with E-state index in [1.54, 1.807) is 19.0 Å². The molecule has 2 aliphatic carbocycles. The molecule has 1 N–H and O–H groups in total. The number of rotatable bonds is 2. The van der Waals surface area contributed by atoms with E-state index >= 15 is 0 Å². The maximum absolute atomic E-state index is 12.6. The molecule has 106 valence electrons. The maximum Gasteiger partial charge on any atom is 0.246 e. The molecule has 2 amide bonds. The summed E-state index contributed by atoms with van der Waals surface area (Å²) < 4.78 is 0. The highest BCUT2D eigenvalue weighted by Crippen LogP contribution is 2.58. The molecular weight excluding hydrogens is 242 g/mol. The summed E-state index contributed by atoms with van der Waals surface area (Å²) in [6, 6.07) is -0.308. The van der Waals surface area contributed by atoms with Gasteiger partial charge >= 0.3 is 0 Å². The summed E-state index contributed by atoms with van der Waals surface area (Å²) in [5.74, 6) is 1.74. The quantitative estimate of drug-likeness (QED) is 0.760. The van der Waals surface area contributed by atoms with Crippen LogP contribution in [-0.4, -0.2) is 61.4 Å². The Bertz CT molecular complexity index is 386. The lowest BCUT2D eigenvalue weighted by Gasteiger charge is -2.37. The first-order valence-corrected chi connectivity index (χ1v) is 7.33. The van der Waals surface area contributed by atoms with Crippen LogP contribution < -0.4 is 5.32 Å². The highest BCUT2D eigenvalue weighted by molar-refractivity contribution is 5.90. The average molecular weight is 265 g/mol. The van der Waals surface area contributed by atoms with Crippen LogP contribution in [0.4, 0.5) is 0 Å². The van der Waals surface area contributed by atoms with Crippen LogP contribution >= 0.6 is 0 Å². The molecule has 1 saturated heterocycles. The van der Waals surface area contributed by atoms with Crippen molar-refractivity contribution in [1.82, 2.24) is 15.1 Å². The minimum Gasteiger partial charge on any atom is -0.347 e. The molecule has 1 aliphatic heterocycles. The molecule has 3 fully saturated rings. The van der Waals surface area contributed by atoms with Gasteiger partial charge in [0.2, 0.25) is 11.8 Å². The molecule has 0 spiro atoms. The molecule has 3 aliphatic rings. The number of likely N-dealkylation sites (N-methyl/N-ethyl adjacent to an activating group) is 1. The number of nitrogens with zero attached hydrogens (tertiary/aromatic N) is 2. The molecule has 2 saturated carbocycles. The zero-order valence-corrected chi connectivity index (χ0v) is 11.8. The Morgan fingerprint density at radius 3 is 2.53 bits per heavy atom. The second-order valence-corrected chi connectivity index (χ2v) is 6.27. The van der Waals surface area contributed by atoms with Crippen LogP contribution in [0.1, 0.15) is 19.3 Å². The lowest BCUT2D eigenvalue weighted by Crippen LogP contribution is -2.59. The first-order valence-electron chi connectivity index (χ1n) is 7.33. The van der Waals surface area contributed by atoms with E-state index in [4.69, 9.17) is 0 Å². The van der Waals surface area contributed by atoms with Gasteiger partial charge in [-0.25, -0.2) is 0 Å². The van der Waals surface area contributed by atoms with E-state index in [1.807, 2.05) is 4.90 Å². The van der Waals surface area contributed by atoms with Gasteiger partial charge in [-0.3, -0.25) is 9.59 Å². The molecule has 5 nitrogen and oxygen atoms in total. The average Bonchev–Trinajstić information content (AvgIpc) is 2.89. The number of hydrogen-bond donors (Lipinski definition) is 1. The molecule has 0 bridgehead atoms. The second kappa shape index (κ2) is 4.78. The van der Waals surface area contributed by atoms with Gasteiger partial charge in [-0.05, 0) is 24.7 Å². The number of piperazine rings is 1. The Labute approximate surface area is 114 Å². The summed E-state index contributed by atoms with van der Waals surface area (Å²) in [6.07, 6.45) is 3.69. The molecule has 1 heterocycles. The van der Waals surface area contributed by atoms with Crippen molar-refractivity contribution in [2.24, 2.45) is 17.8 Å². The van der Waals surface area contributed by atoms with Crippen LogP contribution in [0.2, 0.25) is 0 Å². The lowest BCUT2D eigenvalue weighted by atomic mass is 10.1. The van der Waals surface area contributed by atoms with E-state index < -0.39 is 0 Å². The van der Waals surface area contributed by atoms with E-state index in [0.29, 0.717) is 24.9 Å². The van der Waals surface area contributed by atoms with Crippen LogP contribution in [0.3, 0.4) is 0 Å². The predicted molar refractivity (Wildman–Crippen MR) is 71.4 cm³/mol. The first-order chi connectivity index (χ1) is 9.11. The van der Waals surface area contributed by atoms with Crippen molar-refractivity contribution in [2.45, 2.75) is 25.3 Å². The molecule has 19 heavy (non-hydrogen) atoms. The maximum atomic E-state index is 12.6. The largest absolute Gasteiger partial charge is 0.347 e. The molecule has 0 aromatic heterocycles. The number of fused-ring (bicyclic) bond motifs is 1. The van der Waals surface area contributed by atoms with Gasteiger partial charge in [0.15, 0.2) is 0 Å². The SMILES string of the molecule is CN(C)C(=O)C1CNCCN1C(=O)C1C2CCCC21. The molecule has 3 rings (SSSR count). The van der Waals surface area contributed by atoms with Crippen molar-refractivity contribution in [3.8, 4) is 0 Å². The normalized spacial score (nSPS) is 36.8. The third-order valence-corrected chi connectivity index (χ3v) is 4.94. The van der Waals surface area contributed by atoms with Gasteiger partial charge in [-0.15, -0.1) is 0 Å². The summed E-state index contributed by atoms with van der Waals surface area (Å²) in [4.78, 5) is 28.3. The van der Waals surface area contributed by atoms with Gasteiger partial charge in [0.1, 0.15) is 6.04 Å². The van der Waals surface area contributed by atoms with Crippen LogP contribution in [-0.2, 0) is 9.59 Å². The highest BCUT2D eigenvalue weighted by atomic mass is 16.2. The molecular formula is C14H23N3O2. The molecule has 5 heteroatoms. The van der Waals surface area contributed by atoms with Crippen molar-refractivity contribution < 1.29 is 9.59 Å². The number of carbonyl (C=O) groups excluding carboxylic acids is 2. The van der Waals surface area contributed by atoms with Crippen molar-refractivity contribution in [3.05, 3.63) is 0 Å². The Morgan fingerprint density at radius 1 is 1.21 bits per heavy atom. The summed E-state index contributed by atoms with van der Waals surface area (Å²) in [5, 5.41) is 3.22. The lowest BCUT2D eigenvalue weighted by molar-refractivity contribution is -0.146. The number of carbonyl (C=O) groups is 2. The van der Waals surface area contributed by atoms with Gasteiger partial charge in [0.05, 0.1) is 0 Å². The third-order valence-electron chi connectivity index (χ3n) is 4.94. The second-order valence-electron chi connectivity index (χ2n) is 6.27. The standard InChI is InChI=1S/C14H23N3O2/c1-16(2)13(18)11-8-15-6-7-17(11)14(19)12-9-4-3-5-10(9)12/h9-12,15H,3-8H2,1-2H3. The Kier molecular flexibility index (Phi) is 3.25. The van der Waals surface area contributed by atoms with Crippen molar-refractivity contribution in [3.63, 3.8) is 0 Å². The number of nitrogens with one attached hydrogen (secondary N) is 1. The van der Waals surface area contributed by atoms with Gasteiger partial charge in [0.25, 0.3) is 0 Å². The Balaban J connectivity index is 1.70. The summed E-state index contributed by atoms with van der Waals surface area (Å²) in [7, 11) is 3.51. The Morgan fingerprint density at radius 2 is 1.89 bits per heavy atom. The highest BCUT2D eigenvalue weighted by Gasteiger charge is 2.58. The van der Waals surface area contributed by atoms with E-state index in [0.717, 1.165) is 6.54 Å². The fraction of sp³-hybridized carbons (Fsp3) is 0.857. The van der Waals surface area contributed by atoms with Crippen LogP contribution in [0.25, 0.3) is 0 Å². The van der Waals surface area contributed by atoms with Crippen molar-refractivity contribution >= 4 is 11.8 Å².